The van der Waals surface area contributed by atoms with Gasteiger partial charge in [0.15, 0.2) is 0 Å². The number of hydrogen-bond acceptors (Lipinski definition) is 1. The highest BCUT2D eigenvalue weighted by Crippen LogP contribution is 2.16. The van der Waals surface area contributed by atoms with Gasteiger partial charge in [0, 0.05) is 11.4 Å². The van der Waals surface area contributed by atoms with E-state index in [1.165, 1.54) is 133 Å². The molecule has 31 heavy (non-hydrogen) atoms. The lowest BCUT2D eigenvalue weighted by Gasteiger charge is -2.09. The van der Waals surface area contributed by atoms with Gasteiger partial charge in [0.2, 0.25) is 0 Å². The van der Waals surface area contributed by atoms with E-state index < -0.39 is 0 Å². The molecule has 0 atom stereocenters. The molecule has 0 aliphatic rings. The standard InChI is InChI=1S/C30H54N/c1-4-7-9-11-13-15-17-19-21-24-29-26-28(23-6-3)27-30(31-29)25-22-20-18-16-14-12-10-8-5-2/h26-27H,3-25H2,1-2H3. The molecule has 0 aliphatic carbocycles. The van der Waals surface area contributed by atoms with Crippen LogP contribution in [0.25, 0.3) is 0 Å². The van der Waals surface area contributed by atoms with Crippen molar-refractivity contribution in [2.24, 2.45) is 0 Å². The molecule has 1 aromatic rings. The summed E-state index contributed by atoms with van der Waals surface area (Å²) in [7, 11) is 0. The monoisotopic (exact) mass is 428 g/mol. The third kappa shape index (κ3) is 16.4. The Bertz CT molecular complexity index is 467. The molecular weight excluding hydrogens is 374 g/mol. The van der Waals surface area contributed by atoms with E-state index >= 15 is 0 Å². The summed E-state index contributed by atoms with van der Waals surface area (Å²) in [5.41, 5.74) is 4.13. The summed E-state index contributed by atoms with van der Waals surface area (Å²) in [5, 5.41) is 0. The van der Waals surface area contributed by atoms with Gasteiger partial charge in [-0.25, -0.2) is 0 Å². The normalized spacial score (nSPS) is 11.3. The maximum atomic E-state index is 5.03. The number of hydrogen-bond donors (Lipinski definition) is 0. The average Bonchev–Trinajstić information content (AvgIpc) is 2.77. The smallest absolute Gasteiger partial charge is 0.0409 e. The van der Waals surface area contributed by atoms with Crippen molar-refractivity contribution in [2.75, 3.05) is 0 Å². The predicted octanol–water partition coefficient (Wildman–Crippen LogP) is 9.99. The Kier molecular flexibility index (Phi) is 19.1. The molecule has 1 nitrogen and oxygen atoms in total. The molecule has 1 radical (unpaired) electrons. The third-order valence-corrected chi connectivity index (χ3v) is 6.53. The van der Waals surface area contributed by atoms with Gasteiger partial charge < -0.3 is 0 Å². The molecule has 0 fully saturated rings. The second kappa shape index (κ2) is 21.0. The molecule has 1 heterocycles. The van der Waals surface area contributed by atoms with Crippen LogP contribution >= 0.6 is 0 Å². The van der Waals surface area contributed by atoms with E-state index in [1.807, 2.05) is 0 Å². The SMILES string of the molecule is [CH2]CCc1cc(CCCCCCCCCCC)nc(CCCCCCCCCCC)c1. The molecule has 0 aromatic carbocycles. The molecule has 179 valence electrons. The highest BCUT2D eigenvalue weighted by molar-refractivity contribution is 5.22. The van der Waals surface area contributed by atoms with Gasteiger partial charge in [0.25, 0.3) is 0 Å². The lowest BCUT2D eigenvalue weighted by molar-refractivity contribution is 0.560. The van der Waals surface area contributed by atoms with Crippen LogP contribution in [0.3, 0.4) is 0 Å². The number of aryl methyl sites for hydroxylation is 3. The summed E-state index contributed by atoms with van der Waals surface area (Å²) in [6, 6.07) is 4.71. The fraction of sp³-hybridized carbons (Fsp3) is 0.800. The maximum absolute atomic E-state index is 5.03. The lowest BCUT2D eigenvalue weighted by Crippen LogP contribution is -2.00. The number of unbranched alkanes of at least 4 members (excludes halogenated alkanes) is 16. The van der Waals surface area contributed by atoms with Crippen molar-refractivity contribution in [3.05, 3.63) is 36.0 Å². The number of nitrogens with zero attached hydrogens (tertiary/aromatic N) is 1. The summed E-state index contributed by atoms with van der Waals surface area (Å²) in [6.07, 6.45) is 29.5. The second-order valence-electron chi connectivity index (χ2n) is 9.72. The minimum Gasteiger partial charge on any atom is -0.258 e. The van der Waals surface area contributed by atoms with E-state index in [0.717, 1.165) is 25.7 Å². The van der Waals surface area contributed by atoms with Gasteiger partial charge in [0.1, 0.15) is 0 Å². The molecule has 0 saturated carbocycles. The molecule has 0 amide bonds. The Labute approximate surface area is 196 Å². The highest BCUT2D eigenvalue weighted by Gasteiger charge is 2.04. The van der Waals surface area contributed by atoms with Crippen LogP contribution in [0, 0.1) is 6.92 Å². The van der Waals surface area contributed by atoms with Crippen LogP contribution in [-0.4, -0.2) is 4.98 Å². The molecule has 0 unspecified atom stereocenters. The largest absolute Gasteiger partial charge is 0.258 e. The Morgan fingerprint density at radius 1 is 0.516 bits per heavy atom. The van der Waals surface area contributed by atoms with E-state index in [2.05, 4.69) is 32.9 Å². The first kappa shape index (κ1) is 28.2. The number of pyridine rings is 1. The highest BCUT2D eigenvalue weighted by atomic mass is 14.7. The van der Waals surface area contributed by atoms with Crippen LogP contribution < -0.4 is 0 Å². The fourth-order valence-electron chi connectivity index (χ4n) is 4.56. The van der Waals surface area contributed by atoms with Crippen molar-refractivity contribution in [3.63, 3.8) is 0 Å². The van der Waals surface area contributed by atoms with Gasteiger partial charge >= 0.3 is 0 Å². The minimum atomic E-state index is 0.985. The molecule has 1 rings (SSSR count). The maximum Gasteiger partial charge on any atom is 0.0409 e. The fourth-order valence-corrected chi connectivity index (χ4v) is 4.56. The summed E-state index contributed by atoms with van der Waals surface area (Å²) in [4.78, 5) is 5.03. The molecule has 1 heteroatoms. The quantitative estimate of drug-likeness (QED) is 0.167. The van der Waals surface area contributed by atoms with Crippen LogP contribution in [0.5, 0.6) is 0 Å². The van der Waals surface area contributed by atoms with E-state index in [-0.39, 0.29) is 0 Å². The van der Waals surface area contributed by atoms with E-state index in [1.54, 1.807) is 0 Å². The number of rotatable bonds is 22. The number of aromatic nitrogens is 1. The van der Waals surface area contributed by atoms with Gasteiger partial charge in [-0.05, 0) is 56.2 Å². The van der Waals surface area contributed by atoms with Gasteiger partial charge in [-0.15, -0.1) is 0 Å². The zero-order chi connectivity index (χ0) is 22.4. The zero-order valence-electron chi connectivity index (χ0n) is 21.4. The average molecular weight is 429 g/mol. The molecule has 0 aliphatic heterocycles. The van der Waals surface area contributed by atoms with Crippen molar-refractivity contribution >= 4 is 0 Å². The molecular formula is C30H54N. The summed E-state index contributed by atoms with van der Waals surface area (Å²) in [5.74, 6) is 0. The van der Waals surface area contributed by atoms with E-state index in [9.17, 15) is 0 Å². The van der Waals surface area contributed by atoms with Crippen LogP contribution in [0.4, 0.5) is 0 Å². The second-order valence-corrected chi connectivity index (χ2v) is 9.72. The molecule has 0 N–H and O–H groups in total. The lowest BCUT2D eigenvalue weighted by atomic mass is 10.0. The van der Waals surface area contributed by atoms with Crippen molar-refractivity contribution in [1.29, 1.82) is 0 Å². The van der Waals surface area contributed by atoms with Crippen molar-refractivity contribution < 1.29 is 0 Å². The van der Waals surface area contributed by atoms with Crippen LogP contribution in [-0.2, 0) is 19.3 Å². The first-order valence-corrected chi connectivity index (χ1v) is 14.1. The van der Waals surface area contributed by atoms with Gasteiger partial charge in [-0.2, -0.15) is 0 Å². The molecule has 0 spiro atoms. The van der Waals surface area contributed by atoms with E-state index in [4.69, 9.17) is 4.98 Å². The Morgan fingerprint density at radius 2 is 0.871 bits per heavy atom. The van der Waals surface area contributed by atoms with Crippen LogP contribution in [0.15, 0.2) is 12.1 Å². The Balaban J connectivity index is 2.24. The van der Waals surface area contributed by atoms with Gasteiger partial charge in [-0.3, -0.25) is 4.98 Å². The van der Waals surface area contributed by atoms with Gasteiger partial charge in [-0.1, -0.05) is 124 Å². The first-order chi connectivity index (χ1) is 15.3. The van der Waals surface area contributed by atoms with Crippen molar-refractivity contribution in [1.82, 2.24) is 4.98 Å². The Morgan fingerprint density at radius 3 is 1.23 bits per heavy atom. The van der Waals surface area contributed by atoms with Gasteiger partial charge in [0.05, 0.1) is 0 Å². The topological polar surface area (TPSA) is 12.9 Å². The van der Waals surface area contributed by atoms with Crippen LogP contribution in [0.1, 0.15) is 153 Å². The predicted molar refractivity (Wildman–Crippen MR) is 140 cm³/mol. The minimum absolute atomic E-state index is 0.985. The van der Waals surface area contributed by atoms with E-state index in [0.29, 0.717) is 0 Å². The molecule has 1 aromatic heterocycles. The third-order valence-electron chi connectivity index (χ3n) is 6.53. The Hall–Kier alpha value is -0.850. The molecule has 0 bridgehead atoms. The summed E-state index contributed by atoms with van der Waals surface area (Å²) in [6.45, 7) is 8.65. The summed E-state index contributed by atoms with van der Waals surface area (Å²) < 4.78 is 0. The summed E-state index contributed by atoms with van der Waals surface area (Å²) >= 11 is 0. The van der Waals surface area contributed by atoms with Crippen molar-refractivity contribution in [3.8, 4) is 0 Å². The van der Waals surface area contributed by atoms with Crippen molar-refractivity contribution in [2.45, 2.75) is 155 Å². The molecule has 0 saturated heterocycles. The zero-order valence-corrected chi connectivity index (χ0v) is 21.4. The van der Waals surface area contributed by atoms with Crippen LogP contribution in [0.2, 0.25) is 0 Å². The first-order valence-electron chi connectivity index (χ1n) is 14.1.